The van der Waals surface area contributed by atoms with Crippen LogP contribution < -0.4 is 51.4 Å². The summed E-state index contributed by atoms with van der Waals surface area (Å²) in [6, 6.07) is 0. The molecule has 0 amide bonds. The molecule has 0 bridgehead atoms. The van der Waals surface area contributed by atoms with E-state index in [9.17, 15) is 0 Å². The number of hydrogen-bond acceptors (Lipinski definition) is 1. The summed E-state index contributed by atoms with van der Waals surface area (Å²) in [7, 11) is 6.65. The Kier molecular flexibility index (Phi) is 17.4. The van der Waals surface area contributed by atoms with Crippen molar-refractivity contribution in [3.63, 3.8) is 0 Å². The molecule has 0 aromatic rings. The van der Waals surface area contributed by atoms with E-state index in [1.165, 1.54) is 0 Å². The molecule has 0 aliphatic carbocycles. The molecule has 0 aromatic heterocycles. The van der Waals surface area contributed by atoms with Crippen LogP contribution >= 0.6 is 0 Å². The summed E-state index contributed by atoms with van der Waals surface area (Å²) in [4.78, 5) is 0. The predicted molar refractivity (Wildman–Crippen MR) is 23.5 cm³/mol. The predicted octanol–water partition coefficient (Wildman–Crippen LogP) is -2.66. The number of ether oxygens (including phenoxy) is 1. The molecule has 3 heteroatoms. The minimum Gasteiger partial charge on any atom is -1.00 e. The Morgan fingerprint density at radius 2 is 2.33 bits per heavy atom. The summed E-state index contributed by atoms with van der Waals surface area (Å²) in [5, 5.41) is 0. The van der Waals surface area contributed by atoms with Gasteiger partial charge in [0, 0.05) is 13.7 Å². The average Bonchev–Trinajstić information content (AvgIpc) is 1.41. The minimum absolute atomic E-state index is 0. The van der Waals surface area contributed by atoms with Crippen molar-refractivity contribution in [3.05, 3.63) is 0 Å². The van der Waals surface area contributed by atoms with Gasteiger partial charge >= 0.3 is 51.4 Å². The Hall–Kier alpha value is 1.66. The van der Waals surface area contributed by atoms with Gasteiger partial charge in [-0.25, -0.2) is 0 Å². The van der Waals surface area contributed by atoms with Crippen molar-refractivity contribution in [1.29, 1.82) is 0 Å². The summed E-state index contributed by atoms with van der Waals surface area (Å²) in [6.07, 6.45) is 0.622. The zero-order chi connectivity index (χ0) is 4.12. The molecular formula is C3H8BKO. The second kappa shape index (κ2) is 9.83. The summed E-state index contributed by atoms with van der Waals surface area (Å²) < 4.78 is 4.57. The molecule has 0 unspecified atom stereocenters. The summed E-state index contributed by atoms with van der Waals surface area (Å²) >= 11 is 0. The largest absolute Gasteiger partial charge is 1.00 e. The fourth-order valence-electron chi connectivity index (χ4n) is 0.118. The Morgan fingerprint density at radius 3 is 2.33 bits per heavy atom. The van der Waals surface area contributed by atoms with E-state index in [1.807, 2.05) is 0 Å². The summed E-state index contributed by atoms with van der Waals surface area (Å²) in [5.74, 6) is 0. The van der Waals surface area contributed by atoms with Gasteiger partial charge in [-0.2, -0.15) is 0 Å². The number of methoxy groups -OCH3 is 1. The molecule has 1 nitrogen and oxygen atoms in total. The zero-order valence-electron chi connectivity index (χ0n) is 5.40. The van der Waals surface area contributed by atoms with Gasteiger partial charge < -0.3 is 6.16 Å². The van der Waals surface area contributed by atoms with Gasteiger partial charge in [0.05, 0.1) is 7.85 Å². The third-order valence-electron chi connectivity index (χ3n) is 0.322. The van der Waals surface area contributed by atoms with Crippen molar-refractivity contribution in [3.8, 4) is 0 Å². The van der Waals surface area contributed by atoms with Crippen LogP contribution in [0.4, 0.5) is 0 Å². The first-order valence-corrected chi connectivity index (χ1v) is 1.61. The molecule has 0 spiro atoms. The van der Waals surface area contributed by atoms with Gasteiger partial charge in [0.15, 0.2) is 0 Å². The van der Waals surface area contributed by atoms with Crippen LogP contribution in [0.5, 0.6) is 0 Å². The molecule has 0 rings (SSSR count). The quantitative estimate of drug-likeness (QED) is 0.352. The Balaban J connectivity index is -0.0000000800. The molecule has 0 atom stereocenters. The maximum absolute atomic E-state index is 5.01. The number of hydrogen-bond donors (Lipinski definition) is 0. The third kappa shape index (κ3) is 9.18. The fraction of sp³-hybridized carbons (Fsp3) is 1.00. The van der Waals surface area contributed by atoms with Crippen molar-refractivity contribution in [2.45, 2.75) is 6.32 Å². The van der Waals surface area contributed by atoms with Crippen LogP contribution in [-0.4, -0.2) is 21.6 Å². The molecule has 0 heterocycles. The van der Waals surface area contributed by atoms with Crippen LogP contribution in [0, 0.1) is 0 Å². The van der Waals surface area contributed by atoms with Crippen LogP contribution in [0.2, 0.25) is 6.32 Å². The third-order valence-corrected chi connectivity index (χ3v) is 0.322. The van der Waals surface area contributed by atoms with Crippen molar-refractivity contribution in [2.75, 3.05) is 13.7 Å². The van der Waals surface area contributed by atoms with E-state index in [0.29, 0.717) is 12.9 Å². The van der Waals surface area contributed by atoms with Crippen molar-refractivity contribution >= 4 is 7.85 Å². The molecule has 0 saturated carbocycles. The minimum atomic E-state index is 0. The van der Waals surface area contributed by atoms with Gasteiger partial charge in [0.1, 0.15) is 0 Å². The van der Waals surface area contributed by atoms with E-state index in [4.69, 9.17) is 7.85 Å². The molecule has 30 valence electrons. The topological polar surface area (TPSA) is 9.23 Å². The molecular weight excluding hydrogens is 102 g/mol. The monoisotopic (exact) mass is 110 g/mol. The molecule has 2 radical (unpaired) electrons. The van der Waals surface area contributed by atoms with Gasteiger partial charge in [-0.3, -0.25) is 0 Å². The normalized spacial score (nSPS) is 6.83. The molecule has 0 saturated heterocycles. The molecule has 0 fully saturated rings. The van der Waals surface area contributed by atoms with Crippen LogP contribution in [0.3, 0.4) is 0 Å². The fourth-order valence-corrected chi connectivity index (χ4v) is 0.118. The van der Waals surface area contributed by atoms with Crippen LogP contribution in [0.15, 0.2) is 0 Å². The molecule has 0 aliphatic heterocycles. The van der Waals surface area contributed by atoms with E-state index in [2.05, 4.69) is 4.74 Å². The summed E-state index contributed by atoms with van der Waals surface area (Å²) in [5.41, 5.74) is 0. The van der Waals surface area contributed by atoms with Crippen molar-refractivity contribution in [2.24, 2.45) is 0 Å². The molecule has 0 N–H and O–H groups in total. The van der Waals surface area contributed by atoms with E-state index in [1.54, 1.807) is 7.11 Å². The molecule has 6 heavy (non-hydrogen) atoms. The van der Waals surface area contributed by atoms with E-state index in [-0.39, 0.29) is 52.8 Å². The van der Waals surface area contributed by atoms with Gasteiger partial charge in [-0.05, 0) is 0 Å². The molecule has 0 aromatic carbocycles. The van der Waals surface area contributed by atoms with Crippen LogP contribution in [0.25, 0.3) is 0 Å². The second-order valence-electron chi connectivity index (χ2n) is 0.781. The van der Waals surface area contributed by atoms with E-state index in [0.717, 1.165) is 0 Å². The zero-order valence-corrected chi connectivity index (χ0v) is 7.52. The Labute approximate surface area is 84.1 Å². The Bertz CT molecular complexity index is 22.4. The maximum atomic E-state index is 5.01. The second-order valence-corrected chi connectivity index (χ2v) is 0.781. The maximum Gasteiger partial charge on any atom is 1.00 e. The Morgan fingerprint density at radius 1 is 1.83 bits per heavy atom. The first-order valence-electron chi connectivity index (χ1n) is 1.61. The van der Waals surface area contributed by atoms with E-state index >= 15 is 0 Å². The standard InChI is InChI=1S/C3H7BO.K.H/c1-5-3-2-4;;/h2-3H2,1H3;;/q;+1;-1. The summed E-state index contributed by atoms with van der Waals surface area (Å²) in [6.45, 7) is 0.667. The average molecular weight is 110 g/mol. The number of rotatable bonds is 2. The van der Waals surface area contributed by atoms with E-state index < -0.39 is 0 Å². The van der Waals surface area contributed by atoms with Gasteiger partial charge in [-0.1, -0.05) is 6.32 Å². The first-order chi connectivity index (χ1) is 2.41. The van der Waals surface area contributed by atoms with Crippen LogP contribution in [0.1, 0.15) is 1.43 Å². The van der Waals surface area contributed by atoms with Crippen molar-refractivity contribution in [1.82, 2.24) is 0 Å². The van der Waals surface area contributed by atoms with Gasteiger partial charge in [0.2, 0.25) is 0 Å². The SMILES string of the molecule is [B]CCOC.[H-].[K+]. The van der Waals surface area contributed by atoms with Gasteiger partial charge in [-0.15, -0.1) is 0 Å². The van der Waals surface area contributed by atoms with Crippen molar-refractivity contribution < 1.29 is 57.5 Å². The smallest absolute Gasteiger partial charge is 1.00 e. The van der Waals surface area contributed by atoms with Gasteiger partial charge in [0.25, 0.3) is 0 Å². The first kappa shape index (κ1) is 10.6. The van der Waals surface area contributed by atoms with Crippen LogP contribution in [-0.2, 0) is 4.74 Å². The molecule has 0 aliphatic rings.